The van der Waals surface area contributed by atoms with Crippen molar-refractivity contribution in [3.63, 3.8) is 0 Å². The number of alkyl halides is 2. The number of hydrogen-bond acceptors (Lipinski definition) is 3. The number of halogens is 3. The van der Waals surface area contributed by atoms with Crippen LogP contribution in [-0.2, 0) is 4.79 Å². The van der Waals surface area contributed by atoms with Crippen LogP contribution < -0.4 is 15.4 Å². The molecule has 2 aromatic rings. The molecule has 0 saturated heterocycles. The molecule has 0 heterocycles. The second-order valence-electron chi connectivity index (χ2n) is 6.01. The molecule has 4 nitrogen and oxygen atoms in total. The van der Waals surface area contributed by atoms with E-state index < -0.39 is 6.61 Å². The minimum atomic E-state index is -2.94. The first kappa shape index (κ1) is 20.0. The summed E-state index contributed by atoms with van der Waals surface area (Å²) >= 11 is 5.88. The molecule has 0 aliphatic rings. The molecule has 0 saturated carbocycles. The van der Waals surface area contributed by atoms with E-state index in [0.29, 0.717) is 5.69 Å². The highest BCUT2D eigenvalue weighted by atomic mass is 35.5. The molecule has 0 spiro atoms. The van der Waals surface area contributed by atoms with Gasteiger partial charge in [-0.15, -0.1) is 0 Å². The van der Waals surface area contributed by atoms with Crippen LogP contribution >= 0.6 is 11.6 Å². The Morgan fingerprint density at radius 1 is 1.15 bits per heavy atom. The van der Waals surface area contributed by atoms with Crippen LogP contribution in [0.25, 0.3) is 0 Å². The quantitative estimate of drug-likeness (QED) is 0.719. The average Bonchev–Trinajstić information content (AvgIpc) is 2.57. The van der Waals surface area contributed by atoms with Gasteiger partial charge >= 0.3 is 6.61 Å². The Labute approximate surface area is 156 Å². The second-order valence-corrected chi connectivity index (χ2v) is 6.42. The molecule has 0 aromatic heterocycles. The third-order valence-electron chi connectivity index (χ3n) is 4.01. The first-order valence-electron chi connectivity index (χ1n) is 8.11. The van der Waals surface area contributed by atoms with Crippen LogP contribution in [0.3, 0.4) is 0 Å². The largest absolute Gasteiger partial charge is 0.433 e. The molecular formula is C19H21ClF2N2O2. The molecule has 1 unspecified atom stereocenters. The molecule has 7 heteroatoms. The summed E-state index contributed by atoms with van der Waals surface area (Å²) in [7, 11) is 0. The average molecular weight is 383 g/mol. The van der Waals surface area contributed by atoms with E-state index in [2.05, 4.69) is 21.4 Å². The molecule has 140 valence electrons. The highest BCUT2D eigenvalue weighted by molar-refractivity contribution is 6.32. The number of carbonyl (C=O) groups excluding carboxylic acids is 1. The normalized spacial score (nSPS) is 12.0. The third kappa shape index (κ3) is 5.59. The van der Waals surface area contributed by atoms with Crippen LogP contribution in [0, 0.1) is 13.8 Å². The molecule has 1 amide bonds. The molecule has 0 aliphatic carbocycles. The molecule has 1 atom stereocenters. The summed E-state index contributed by atoms with van der Waals surface area (Å²) in [6.07, 6.45) is 0. The van der Waals surface area contributed by atoms with Gasteiger partial charge in [0.1, 0.15) is 5.75 Å². The number of benzene rings is 2. The highest BCUT2D eigenvalue weighted by Crippen LogP contribution is 2.28. The lowest BCUT2D eigenvalue weighted by atomic mass is 10.0. The molecule has 0 aliphatic heterocycles. The van der Waals surface area contributed by atoms with E-state index in [1.54, 1.807) is 0 Å². The van der Waals surface area contributed by atoms with Gasteiger partial charge in [-0.05, 0) is 55.7 Å². The van der Waals surface area contributed by atoms with Gasteiger partial charge < -0.3 is 15.4 Å². The van der Waals surface area contributed by atoms with Gasteiger partial charge in [0.25, 0.3) is 0 Å². The standard InChI is InChI=1S/C19H21ClF2N2O2/c1-11-4-5-14(8-12(11)2)13(3)24-18(25)10-23-15-6-7-17(16(20)9-15)26-19(21)22/h4-9,13,19,23H,10H2,1-3H3,(H,24,25). The highest BCUT2D eigenvalue weighted by Gasteiger charge is 2.12. The first-order chi connectivity index (χ1) is 12.3. The molecule has 2 aromatic carbocycles. The van der Waals surface area contributed by atoms with Crippen LogP contribution in [0.4, 0.5) is 14.5 Å². The molecule has 0 bridgehead atoms. The number of carbonyl (C=O) groups is 1. The van der Waals surface area contributed by atoms with Crippen LogP contribution in [-0.4, -0.2) is 19.1 Å². The van der Waals surface area contributed by atoms with Crippen molar-refractivity contribution in [1.29, 1.82) is 0 Å². The Morgan fingerprint density at radius 3 is 2.50 bits per heavy atom. The minimum Gasteiger partial charge on any atom is -0.433 e. The Hall–Kier alpha value is -2.34. The van der Waals surface area contributed by atoms with E-state index in [4.69, 9.17) is 11.6 Å². The van der Waals surface area contributed by atoms with Crippen molar-refractivity contribution in [3.8, 4) is 5.75 Å². The summed E-state index contributed by atoms with van der Waals surface area (Å²) in [5, 5.41) is 5.85. The van der Waals surface area contributed by atoms with Crippen molar-refractivity contribution < 1.29 is 18.3 Å². The van der Waals surface area contributed by atoms with Crippen LogP contribution in [0.5, 0.6) is 5.75 Å². The number of ether oxygens (including phenoxy) is 1. The van der Waals surface area contributed by atoms with Gasteiger partial charge in [0.2, 0.25) is 5.91 Å². The summed E-state index contributed by atoms with van der Waals surface area (Å²) in [6, 6.07) is 10.2. The SMILES string of the molecule is Cc1ccc(C(C)NC(=O)CNc2ccc(OC(F)F)c(Cl)c2)cc1C. The lowest BCUT2D eigenvalue weighted by Crippen LogP contribution is -2.32. The number of hydrogen-bond donors (Lipinski definition) is 2. The predicted octanol–water partition coefficient (Wildman–Crippen LogP) is 4.85. The lowest BCUT2D eigenvalue weighted by Gasteiger charge is -2.16. The van der Waals surface area contributed by atoms with Crippen LogP contribution in [0.2, 0.25) is 5.02 Å². The van der Waals surface area contributed by atoms with E-state index in [1.165, 1.54) is 29.3 Å². The van der Waals surface area contributed by atoms with Crippen molar-refractivity contribution in [3.05, 3.63) is 58.1 Å². The maximum atomic E-state index is 12.2. The maximum Gasteiger partial charge on any atom is 0.387 e. The van der Waals surface area contributed by atoms with Gasteiger partial charge in [0, 0.05) is 5.69 Å². The van der Waals surface area contributed by atoms with E-state index in [0.717, 1.165) is 5.56 Å². The van der Waals surface area contributed by atoms with Gasteiger partial charge in [0.05, 0.1) is 17.6 Å². The smallest absolute Gasteiger partial charge is 0.387 e. The minimum absolute atomic E-state index is 0.0283. The zero-order valence-electron chi connectivity index (χ0n) is 14.8. The summed E-state index contributed by atoms with van der Waals surface area (Å²) < 4.78 is 28.7. The fraction of sp³-hybridized carbons (Fsp3) is 0.316. The number of rotatable bonds is 7. The molecule has 2 N–H and O–H groups in total. The topological polar surface area (TPSA) is 50.4 Å². The van der Waals surface area contributed by atoms with Crippen LogP contribution in [0.15, 0.2) is 36.4 Å². The second kappa shape index (κ2) is 8.85. The first-order valence-corrected chi connectivity index (χ1v) is 8.49. The van der Waals surface area contributed by atoms with E-state index >= 15 is 0 Å². The Bertz CT molecular complexity index is 784. The van der Waals surface area contributed by atoms with Crippen molar-refractivity contribution in [2.75, 3.05) is 11.9 Å². The summed E-state index contributed by atoms with van der Waals surface area (Å²) in [5.41, 5.74) is 3.93. The van der Waals surface area contributed by atoms with E-state index in [1.807, 2.05) is 32.9 Å². The Balaban J connectivity index is 1.90. The molecule has 0 fully saturated rings. The molecular weight excluding hydrogens is 362 g/mol. The number of nitrogens with one attached hydrogen (secondary N) is 2. The van der Waals surface area contributed by atoms with Crippen molar-refractivity contribution >= 4 is 23.2 Å². The zero-order valence-corrected chi connectivity index (χ0v) is 15.5. The number of amides is 1. The fourth-order valence-electron chi connectivity index (χ4n) is 2.39. The third-order valence-corrected chi connectivity index (χ3v) is 4.30. The van der Waals surface area contributed by atoms with Crippen LogP contribution in [0.1, 0.15) is 29.7 Å². The summed E-state index contributed by atoms with van der Waals surface area (Å²) in [5.74, 6) is -0.306. The lowest BCUT2D eigenvalue weighted by molar-refractivity contribution is -0.120. The van der Waals surface area contributed by atoms with Gasteiger partial charge in [-0.25, -0.2) is 0 Å². The van der Waals surface area contributed by atoms with Gasteiger partial charge in [-0.2, -0.15) is 8.78 Å². The molecule has 0 radical (unpaired) electrons. The number of aryl methyl sites for hydroxylation is 2. The van der Waals surface area contributed by atoms with Gasteiger partial charge in [0.15, 0.2) is 0 Å². The van der Waals surface area contributed by atoms with E-state index in [-0.39, 0.29) is 29.3 Å². The van der Waals surface area contributed by atoms with E-state index in [9.17, 15) is 13.6 Å². The predicted molar refractivity (Wildman–Crippen MR) is 99.0 cm³/mol. The van der Waals surface area contributed by atoms with Crippen molar-refractivity contribution in [2.45, 2.75) is 33.4 Å². The van der Waals surface area contributed by atoms with Gasteiger partial charge in [-0.1, -0.05) is 29.8 Å². The van der Waals surface area contributed by atoms with Gasteiger partial charge in [-0.3, -0.25) is 4.79 Å². The maximum absolute atomic E-state index is 12.2. The number of anilines is 1. The summed E-state index contributed by atoms with van der Waals surface area (Å²) in [6.45, 7) is 3.06. The fourth-order valence-corrected chi connectivity index (χ4v) is 2.62. The summed E-state index contributed by atoms with van der Waals surface area (Å²) in [4.78, 5) is 12.1. The van der Waals surface area contributed by atoms with Crippen molar-refractivity contribution in [1.82, 2.24) is 5.32 Å². The monoisotopic (exact) mass is 382 g/mol. The zero-order chi connectivity index (χ0) is 19.3. The molecule has 2 rings (SSSR count). The van der Waals surface area contributed by atoms with Crippen molar-refractivity contribution in [2.24, 2.45) is 0 Å². The Kier molecular flexibility index (Phi) is 6.80. The molecule has 26 heavy (non-hydrogen) atoms. The Morgan fingerprint density at radius 2 is 1.88 bits per heavy atom.